The van der Waals surface area contributed by atoms with E-state index >= 15 is 0 Å². The van der Waals surface area contributed by atoms with Crippen molar-refractivity contribution < 1.29 is 0 Å². The van der Waals surface area contributed by atoms with E-state index in [0.29, 0.717) is 0 Å². The van der Waals surface area contributed by atoms with E-state index in [9.17, 15) is 0 Å². The van der Waals surface area contributed by atoms with Crippen LogP contribution in [0.2, 0.25) is 5.02 Å². The van der Waals surface area contributed by atoms with Crippen LogP contribution in [0.25, 0.3) is 0 Å². The zero-order valence-electron chi connectivity index (χ0n) is 12.0. The Kier molecular flexibility index (Phi) is 5.18. The molecule has 0 saturated heterocycles. The number of hydrogen-bond donors (Lipinski definition) is 1. The highest BCUT2D eigenvalue weighted by molar-refractivity contribution is 6.30. The van der Waals surface area contributed by atoms with E-state index < -0.39 is 0 Å². The van der Waals surface area contributed by atoms with Gasteiger partial charge in [-0.25, -0.2) is 0 Å². The van der Waals surface area contributed by atoms with Crippen LogP contribution in [0.3, 0.4) is 0 Å². The number of hydrogen-bond acceptors (Lipinski definition) is 2. The maximum atomic E-state index is 6.26. The average Bonchev–Trinajstić information content (AvgIpc) is 2.42. The van der Waals surface area contributed by atoms with Gasteiger partial charge in [-0.3, -0.25) is 0 Å². The molecule has 0 amide bonds. The molecule has 0 aliphatic heterocycles. The summed E-state index contributed by atoms with van der Waals surface area (Å²) in [6.07, 6.45) is 0. The first kappa shape index (κ1) is 15.0. The lowest BCUT2D eigenvalue weighted by Gasteiger charge is -2.21. The molecular weight excluding hydrogens is 268 g/mol. The van der Waals surface area contributed by atoms with Crippen molar-refractivity contribution in [2.75, 3.05) is 13.6 Å². The molecule has 2 aromatic carbocycles. The fourth-order valence-corrected chi connectivity index (χ4v) is 2.35. The van der Waals surface area contributed by atoms with Gasteiger partial charge in [-0.15, -0.1) is 0 Å². The van der Waals surface area contributed by atoms with Crippen LogP contribution in [-0.2, 0) is 6.54 Å². The molecule has 2 aromatic rings. The molecule has 0 spiro atoms. The first-order chi connectivity index (χ1) is 9.54. The fourth-order valence-electron chi connectivity index (χ4n) is 2.22. The summed E-state index contributed by atoms with van der Waals surface area (Å²) in [7, 11) is 2.09. The molecule has 1 unspecified atom stereocenters. The summed E-state index contributed by atoms with van der Waals surface area (Å²) in [5.41, 5.74) is 9.94. The van der Waals surface area contributed by atoms with Gasteiger partial charge in [0.1, 0.15) is 0 Å². The van der Waals surface area contributed by atoms with Crippen LogP contribution in [0.15, 0.2) is 48.5 Å². The van der Waals surface area contributed by atoms with Crippen LogP contribution in [0.4, 0.5) is 0 Å². The molecule has 0 aliphatic rings. The van der Waals surface area contributed by atoms with Gasteiger partial charge >= 0.3 is 0 Å². The van der Waals surface area contributed by atoms with Crippen LogP contribution < -0.4 is 5.73 Å². The Hall–Kier alpha value is -1.35. The van der Waals surface area contributed by atoms with Crippen LogP contribution in [-0.4, -0.2) is 18.5 Å². The summed E-state index contributed by atoms with van der Waals surface area (Å²) >= 11 is 5.89. The SMILES string of the molecule is Cc1ccc(C(N)CN(C)Cc2ccc(Cl)cc2)cc1. The lowest BCUT2D eigenvalue weighted by atomic mass is 10.1. The van der Waals surface area contributed by atoms with Crippen molar-refractivity contribution in [3.8, 4) is 0 Å². The highest BCUT2D eigenvalue weighted by atomic mass is 35.5. The number of likely N-dealkylation sites (N-methyl/N-ethyl adjacent to an activating group) is 1. The van der Waals surface area contributed by atoms with E-state index in [0.717, 1.165) is 18.1 Å². The molecule has 0 aromatic heterocycles. The average molecular weight is 289 g/mol. The first-order valence-corrected chi connectivity index (χ1v) is 7.17. The van der Waals surface area contributed by atoms with Crippen LogP contribution in [0.1, 0.15) is 22.7 Å². The highest BCUT2D eigenvalue weighted by Crippen LogP contribution is 2.15. The van der Waals surface area contributed by atoms with E-state index in [1.807, 2.05) is 12.1 Å². The molecular formula is C17H21ClN2. The second-order valence-electron chi connectivity index (χ2n) is 5.34. The molecule has 0 saturated carbocycles. The molecule has 2 N–H and O–H groups in total. The summed E-state index contributed by atoms with van der Waals surface area (Å²) in [5, 5.41) is 0.771. The summed E-state index contributed by atoms with van der Waals surface area (Å²) in [5.74, 6) is 0. The monoisotopic (exact) mass is 288 g/mol. The smallest absolute Gasteiger partial charge is 0.0424 e. The van der Waals surface area contributed by atoms with Gasteiger partial charge in [0.2, 0.25) is 0 Å². The number of rotatable bonds is 5. The molecule has 106 valence electrons. The van der Waals surface area contributed by atoms with Crippen LogP contribution in [0.5, 0.6) is 0 Å². The van der Waals surface area contributed by atoms with E-state index in [1.165, 1.54) is 16.7 Å². The molecule has 1 atom stereocenters. The number of aryl methyl sites for hydroxylation is 1. The number of benzene rings is 2. The Labute approximate surface area is 126 Å². The van der Waals surface area contributed by atoms with Gasteiger partial charge in [0.25, 0.3) is 0 Å². The van der Waals surface area contributed by atoms with Crippen molar-refractivity contribution in [2.24, 2.45) is 5.73 Å². The number of halogens is 1. The van der Waals surface area contributed by atoms with Crippen molar-refractivity contribution in [3.63, 3.8) is 0 Å². The van der Waals surface area contributed by atoms with E-state index in [2.05, 4.69) is 55.3 Å². The first-order valence-electron chi connectivity index (χ1n) is 6.80. The Morgan fingerprint density at radius 3 is 2.25 bits per heavy atom. The van der Waals surface area contributed by atoms with Gasteiger partial charge in [-0.2, -0.15) is 0 Å². The third-order valence-electron chi connectivity index (χ3n) is 3.38. The van der Waals surface area contributed by atoms with Crippen LogP contribution >= 0.6 is 11.6 Å². The lowest BCUT2D eigenvalue weighted by Crippen LogP contribution is -2.28. The molecule has 0 radical (unpaired) electrons. The third-order valence-corrected chi connectivity index (χ3v) is 3.63. The van der Waals surface area contributed by atoms with Crippen molar-refractivity contribution in [1.82, 2.24) is 4.90 Å². The number of nitrogens with zero attached hydrogens (tertiary/aromatic N) is 1. The summed E-state index contributed by atoms with van der Waals surface area (Å²) in [6, 6.07) is 16.4. The predicted octanol–water partition coefficient (Wildman–Crippen LogP) is 3.78. The topological polar surface area (TPSA) is 29.3 Å². The summed E-state index contributed by atoms with van der Waals surface area (Å²) < 4.78 is 0. The maximum Gasteiger partial charge on any atom is 0.0424 e. The second kappa shape index (κ2) is 6.89. The Morgan fingerprint density at radius 2 is 1.65 bits per heavy atom. The zero-order chi connectivity index (χ0) is 14.5. The van der Waals surface area contributed by atoms with Gasteiger partial charge in [-0.05, 0) is 37.2 Å². The van der Waals surface area contributed by atoms with Crippen LogP contribution in [0, 0.1) is 6.92 Å². The Bertz CT molecular complexity index is 534. The van der Waals surface area contributed by atoms with Gasteiger partial charge in [0.15, 0.2) is 0 Å². The highest BCUT2D eigenvalue weighted by Gasteiger charge is 2.09. The van der Waals surface area contributed by atoms with Gasteiger partial charge in [0.05, 0.1) is 0 Å². The minimum atomic E-state index is 0.0351. The second-order valence-corrected chi connectivity index (χ2v) is 5.78. The fraction of sp³-hybridized carbons (Fsp3) is 0.294. The Morgan fingerprint density at radius 1 is 1.05 bits per heavy atom. The van der Waals surface area contributed by atoms with Crippen molar-refractivity contribution in [2.45, 2.75) is 19.5 Å². The van der Waals surface area contributed by atoms with Crippen molar-refractivity contribution >= 4 is 11.6 Å². The Balaban J connectivity index is 1.92. The molecule has 0 heterocycles. The molecule has 2 rings (SSSR count). The third kappa shape index (κ3) is 4.34. The number of nitrogens with two attached hydrogens (primary N) is 1. The molecule has 0 aliphatic carbocycles. The molecule has 2 nitrogen and oxygen atoms in total. The molecule has 20 heavy (non-hydrogen) atoms. The van der Waals surface area contributed by atoms with E-state index in [-0.39, 0.29) is 6.04 Å². The quantitative estimate of drug-likeness (QED) is 0.907. The minimum Gasteiger partial charge on any atom is -0.323 e. The largest absolute Gasteiger partial charge is 0.323 e. The van der Waals surface area contributed by atoms with E-state index in [1.54, 1.807) is 0 Å². The van der Waals surface area contributed by atoms with Gasteiger partial charge in [0, 0.05) is 24.2 Å². The zero-order valence-corrected chi connectivity index (χ0v) is 12.8. The summed E-state index contributed by atoms with van der Waals surface area (Å²) in [6.45, 7) is 3.78. The molecule has 0 fully saturated rings. The van der Waals surface area contributed by atoms with E-state index in [4.69, 9.17) is 17.3 Å². The summed E-state index contributed by atoms with van der Waals surface area (Å²) in [4.78, 5) is 2.23. The molecule has 0 bridgehead atoms. The van der Waals surface area contributed by atoms with Gasteiger partial charge in [-0.1, -0.05) is 53.6 Å². The minimum absolute atomic E-state index is 0.0351. The predicted molar refractivity (Wildman–Crippen MR) is 85.9 cm³/mol. The molecule has 3 heteroatoms. The normalized spacial score (nSPS) is 12.7. The maximum absolute atomic E-state index is 6.26. The van der Waals surface area contributed by atoms with Gasteiger partial charge < -0.3 is 10.6 Å². The standard InChI is InChI=1S/C17H21ClN2/c1-13-3-7-15(8-4-13)17(19)12-20(2)11-14-5-9-16(18)10-6-14/h3-10,17H,11-12,19H2,1-2H3. The lowest BCUT2D eigenvalue weighted by molar-refractivity contribution is 0.305. The van der Waals surface area contributed by atoms with Crippen molar-refractivity contribution in [3.05, 3.63) is 70.2 Å². The van der Waals surface area contributed by atoms with Crippen molar-refractivity contribution in [1.29, 1.82) is 0 Å².